The van der Waals surface area contributed by atoms with Crippen LogP contribution in [0.5, 0.6) is 0 Å². The zero-order valence-corrected chi connectivity index (χ0v) is 14.9. The maximum Gasteiger partial charge on any atom is 0.271 e. The van der Waals surface area contributed by atoms with Crippen LogP contribution >= 0.6 is 23.4 Å². The Morgan fingerprint density at radius 3 is 2.62 bits per heavy atom. The predicted octanol–water partition coefficient (Wildman–Crippen LogP) is 2.13. The van der Waals surface area contributed by atoms with E-state index in [1.807, 2.05) is 0 Å². The van der Waals surface area contributed by atoms with Crippen LogP contribution in [0.3, 0.4) is 0 Å². The van der Waals surface area contributed by atoms with Crippen molar-refractivity contribution in [2.24, 2.45) is 0 Å². The minimum Gasteiger partial charge on any atom is -0.301 e. The Hall–Kier alpha value is -2.84. The van der Waals surface area contributed by atoms with Gasteiger partial charge >= 0.3 is 0 Å². The summed E-state index contributed by atoms with van der Waals surface area (Å²) in [6, 6.07) is 13.4. The number of H-pyrrole nitrogens is 1. The molecule has 0 atom stereocenters. The highest BCUT2D eigenvalue weighted by Gasteiger charge is 2.11. The summed E-state index contributed by atoms with van der Waals surface area (Å²) >= 11 is 6.97. The molecule has 1 aromatic heterocycles. The van der Waals surface area contributed by atoms with E-state index < -0.39 is 11.8 Å². The molecule has 3 aromatic rings. The first-order valence-corrected chi connectivity index (χ1v) is 8.86. The zero-order chi connectivity index (χ0) is 18.5. The van der Waals surface area contributed by atoms with Crippen LogP contribution in [-0.4, -0.2) is 27.5 Å². The summed E-state index contributed by atoms with van der Waals surface area (Å²) in [4.78, 5) is 42.7. The van der Waals surface area contributed by atoms with E-state index in [0.29, 0.717) is 16.1 Å². The molecule has 3 rings (SSSR count). The van der Waals surface area contributed by atoms with Crippen molar-refractivity contribution >= 4 is 46.1 Å². The van der Waals surface area contributed by atoms with E-state index in [1.165, 1.54) is 0 Å². The van der Waals surface area contributed by atoms with E-state index in [0.717, 1.165) is 11.8 Å². The Bertz CT molecular complexity index is 1040. The molecule has 0 unspecified atom stereocenters. The Balaban J connectivity index is 1.57. The third kappa shape index (κ3) is 4.22. The van der Waals surface area contributed by atoms with Gasteiger partial charge in [0.25, 0.3) is 11.5 Å². The lowest BCUT2D eigenvalue weighted by Gasteiger charge is -2.08. The van der Waals surface area contributed by atoms with Crippen molar-refractivity contribution < 1.29 is 9.59 Å². The Morgan fingerprint density at radius 1 is 1.08 bits per heavy atom. The van der Waals surface area contributed by atoms with Crippen molar-refractivity contribution in [2.75, 3.05) is 5.75 Å². The third-order valence-electron chi connectivity index (χ3n) is 3.37. The summed E-state index contributed by atoms with van der Waals surface area (Å²) in [7, 11) is 0. The highest BCUT2D eigenvalue weighted by molar-refractivity contribution is 7.99. The molecule has 2 amide bonds. The molecule has 0 aliphatic rings. The van der Waals surface area contributed by atoms with E-state index in [-0.39, 0.29) is 21.9 Å². The molecule has 0 bridgehead atoms. The number of aromatic nitrogens is 2. The number of para-hydroxylation sites is 1. The first-order valence-electron chi connectivity index (χ1n) is 7.50. The van der Waals surface area contributed by atoms with E-state index >= 15 is 0 Å². The van der Waals surface area contributed by atoms with Gasteiger partial charge < -0.3 is 4.98 Å². The van der Waals surface area contributed by atoms with Gasteiger partial charge in [0.05, 0.1) is 27.2 Å². The lowest BCUT2D eigenvalue weighted by molar-refractivity contribution is -0.119. The molecule has 0 saturated heterocycles. The molecule has 7 nitrogen and oxygen atoms in total. The molecule has 2 aromatic carbocycles. The number of hydrazine groups is 1. The second kappa shape index (κ2) is 8.03. The van der Waals surface area contributed by atoms with Crippen molar-refractivity contribution in [3.63, 3.8) is 0 Å². The first-order chi connectivity index (χ1) is 12.5. The standard InChI is InChI=1S/C17H13ClN4O3S/c18-12-7-3-1-5-10(12)16(25)22-21-14(23)9-26-17-19-13-8-4-2-6-11(13)15(24)20-17/h1-8H,9H2,(H,21,23)(H,22,25)(H,19,20,24). The minimum absolute atomic E-state index is 0.0376. The summed E-state index contributed by atoms with van der Waals surface area (Å²) in [5.41, 5.74) is 5.11. The second-order valence-electron chi connectivity index (χ2n) is 5.16. The predicted molar refractivity (Wildman–Crippen MR) is 100 cm³/mol. The Kier molecular flexibility index (Phi) is 5.55. The summed E-state index contributed by atoms with van der Waals surface area (Å²) < 4.78 is 0. The maximum atomic E-state index is 12.0. The average molecular weight is 389 g/mol. The van der Waals surface area contributed by atoms with Crippen molar-refractivity contribution in [3.05, 3.63) is 69.5 Å². The molecule has 132 valence electrons. The number of carbonyl (C=O) groups is 2. The topological polar surface area (TPSA) is 104 Å². The van der Waals surface area contributed by atoms with Crippen LogP contribution in [0.4, 0.5) is 0 Å². The van der Waals surface area contributed by atoms with Gasteiger partial charge in [0.2, 0.25) is 5.91 Å². The molecule has 0 aliphatic carbocycles. The van der Waals surface area contributed by atoms with Crippen LogP contribution < -0.4 is 16.4 Å². The highest BCUT2D eigenvalue weighted by atomic mass is 35.5. The molecular formula is C17H13ClN4O3S. The van der Waals surface area contributed by atoms with Crippen LogP contribution in [0.1, 0.15) is 10.4 Å². The minimum atomic E-state index is -0.522. The van der Waals surface area contributed by atoms with Gasteiger partial charge in [0.15, 0.2) is 5.16 Å². The van der Waals surface area contributed by atoms with Gasteiger partial charge in [0, 0.05) is 0 Å². The fourth-order valence-electron chi connectivity index (χ4n) is 2.14. The number of halogens is 1. The van der Waals surface area contributed by atoms with Gasteiger partial charge in [-0.3, -0.25) is 25.2 Å². The number of nitrogens with zero attached hydrogens (tertiary/aromatic N) is 1. The van der Waals surface area contributed by atoms with E-state index in [1.54, 1.807) is 48.5 Å². The molecule has 26 heavy (non-hydrogen) atoms. The number of thioether (sulfide) groups is 1. The fraction of sp³-hybridized carbons (Fsp3) is 0.0588. The summed E-state index contributed by atoms with van der Waals surface area (Å²) in [6.07, 6.45) is 0. The quantitative estimate of drug-likeness (QED) is 0.361. The number of hydrogen-bond acceptors (Lipinski definition) is 5. The monoisotopic (exact) mass is 388 g/mol. The number of rotatable bonds is 4. The normalized spacial score (nSPS) is 10.5. The lowest BCUT2D eigenvalue weighted by atomic mass is 10.2. The summed E-state index contributed by atoms with van der Waals surface area (Å²) in [5.74, 6) is -1.01. The second-order valence-corrected chi connectivity index (χ2v) is 6.53. The highest BCUT2D eigenvalue weighted by Crippen LogP contribution is 2.15. The van der Waals surface area contributed by atoms with E-state index in [2.05, 4.69) is 20.8 Å². The Labute approximate surface area is 157 Å². The summed E-state index contributed by atoms with van der Waals surface area (Å²) in [5, 5.41) is 1.08. The van der Waals surface area contributed by atoms with Gasteiger partial charge in [-0.2, -0.15) is 0 Å². The molecule has 0 fully saturated rings. The zero-order valence-electron chi connectivity index (χ0n) is 13.3. The fourth-order valence-corrected chi connectivity index (χ4v) is 3.03. The molecule has 0 spiro atoms. The smallest absolute Gasteiger partial charge is 0.271 e. The number of fused-ring (bicyclic) bond motifs is 1. The van der Waals surface area contributed by atoms with Crippen LogP contribution in [0, 0.1) is 0 Å². The lowest BCUT2D eigenvalue weighted by Crippen LogP contribution is -2.42. The van der Waals surface area contributed by atoms with Gasteiger partial charge in [-0.05, 0) is 24.3 Å². The van der Waals surface area contributed by atoms with E-state index in [4.69, 9.17) is 11.6 Å². The molecular weight excluding hydrogens is 376 g/mol. The maximum absolute atomic E-state index is 12.0. The first kappa shape index (κ1) is 18.0. The van der Waals surface area contributed by atoms with Gasteiger partial charge in [-0.25, -0.2) is 4.98 Å². The van der Waals surface area contributed by atoms with Crippen LogP contribution in [0.15, 0.2) is 58.5 Å². The summed E-state index contributed by atoms with van der Waals surface area (Å²) in [6.45, 7) is 0. The number of hydrogen-bond donors (Lipinski definition) is 3. The van der Waals surface area contributed by atoms with Crippen LogP contribution in [-0.2, 0) is 4.79 Å². The van der Waals surface area contributed by atoms with Crippen molar-refractivity contribution in [2.45, 2.75) is 5.16 Å². The molecule has 0 radical (unpaired) electrons. The molecule has 1 heterocycles. The van der Waals surface area contributed by atoms with Crippen molar-refractivity contribution in [3.8, 4) is 0 Å². The molecule has 9 heteroatoms. The Morgan fingerprint density at radius 2 is 1.81 bits per heavy atom. The molecule has 3 N–H and O–H groups in total. The van der Waals surface area contributed by atoms with E-state index in [9.17, 15) is 14.4 Å². The number of nitrogens with one attached hydrogen (secondary N) is 3. The number of amides is 2. The SMILES string of the molecule is O=C(CSc1nc2ccccc2c(=O)[nH]1)NNC(=O)c1ccccc1Cl. The number of benzene rings is 2. The third-order valence-corrected chi connectivity index (χ3v) is 4.57. The van der Waals surface area contributed by atoms with Gasteiger partial charge in [-0.1, -0.05) is 47.6 Å². The van der Waals surface area contributed by atoms with Crippen molar-refractivity contribution in [1.29, 1.82) is 0 Å². The largest absolute Gasteiger partial charge is 0.301 e. The van der Waals surface area contributed by atoms with Gasteiger partial charge in [0.1, 0.15) is 0 Å². The van der Waals surface area contributed by atoms with Crippen molar-refractivity contribution in [1.82, 2.24) is 20.8 Å². The molecule has 0 saturated carbocycles. The number of carbonyl (C=O) groups excluding carboxylic acids is 2. The average Bonchev–Trinajstić information content (AvgIpc) is 2.65. The molecule has 0 aliphatic heterocycles. The van der Waals surface area contributed by atoms with Crippen LogP contribution in [0.2, 0.25) is 5.02 Å². The van der Waals surface area contributed by atoms with Crippen LogP contribution in [0.25, 0.3) is 10.9 Å². The van der Waals surface area contributed by atoms with Gasteiger partial charge in [-0.15, -0.1) is 0 Å². The number of aromatic amines is 1.